The van der Waals surface area contributed by atoms with E-state index >= 15 is 0 Å². The number of hydrogen-bond donors (Lipinski definition) is 0. The maximum atomic E-state index is 5.95. The van der Waals surface area contributed by atoms with E-state index < -0.39 is 5.79 Å². The van der Waals surface area contributed by atoms with Crippen LogP contribution in [0.3, 0.4) is 0 Å². The van der Waals surface area contributed by atoms with Crippen molar-refractivity contribution >= 4 is 0 Å². The van der Waals surface area contributed by atoms with Crippen LogP contribution in [0.1, 0.15) is 88.0 Å². The summed E-state index contributed by atoms with van der Waals surface area (Å²) in [6.45, 7) is 19.0. The zero-order valence-electron chi connectivity index (χ0n) is 16.7. The Kier molecular flexibility index (Phi) is 7.10. The molecule has 0 aromatic rings. The molecule has 4 heteroatoms. The first kappa shape index (κ1) is 20.9. The zero-order chi connectivity index (χ0) is 17.9. The maximum absolute atomic E-state index is 5.95. The largest absolute Gasteiger partial charge is 0.236 e. The van der Waals surface area contributed by atoms with E-state index in [0.717, 1.165) is 25.7 Å². The molecule has 1 fully saturated rings. The van der Waals surface area contributed by atoms with Gasteiger partial charge in [-0.1, -0.05) is 34.6 Å². The fourth-order valence-corrected chi connectivity index (χ4v) is 2.55. The molecule has 0 spiro atoms. The highest BCUT2D eigenvalue weighted by Crippen LogP contribution is 2.45. The van der Waals surface area contributed by atoms with Crippen LogP contribution in [0.5, 0.6) is 0 Å². The normalized spacial score (nSPS) is 28.8. The third-order valence-corrected chi connectivity index (χ3v) is 5.57. The molecule has 1 aliphatic rings. The van der Waals surface area contributed by atoms with E-state index in [0.29, 0.717) is 11.8 Å². The van der Waals surface area contributed by atoms with Crippen molar-refractivity contribution in [1.29, 1.82) is 0 Å². The third kappa shape index (κ3) is 5.70. The molecular formula is C19H38O4. The molecule has 4 nitrogen and oxygen atoms in total. The lowest BCUT2D eigenvalue weighted by Gasteiger charge is -2.46. The highest BCUT2D eigenvalue weighted by atomic mass is 17.3. The first-order valence-corrected chi connectivity index (χ1v) is 9.20. The van der Waals surface area contributed by atoms with Crippen LogP contribution in [0, 0.1) is 17.8 Å². The van der Waals surface area contributed by atoms with Crippen molar-refractivity contribution in [3.63, 3.8) is 0 Å². The molecule has 1 rings (SSSR count). The smallest absolute Gasteiger partial charge is 0.228 e. The van der Waals surface area contributed by atoms with Crippen LogP contribution in [0.2, 0.25) is 0 Å². The van der Waals surface area contributed by atoms with Crippen LogP contribution < -0.4 is 0 Å². The van der Waals surface area contributed by atoms with Crippen molar-refractivity contribution < 1.29 is 19.6 Å². The molecule has 0 N–H and O–H groups in total. The SMILES string of the molecule is CCC(C)(C)OOC1(OOC(C)(C)CC)CC(C)C(C)CC1C. The maximum Gasteiger partial charge on any atom is 0.236 e. The minimum absolute atomic E-state index is 0.203. The van der Waals surface area contributed by atoms with Gasteiger partial charge in [-0.15, -0.1) is 0 Å². The van der Waals surface area contributed by atoms with Gasteiger partial charge in [-0.05, 0) is 58.8 Å². The van der Waals surface area contributed by atoms with E-state index in [4.69, 9.17) is 19.6 Å². The molecule has 0 bridgehead atoms. The average Bonchev–Trinajstić information content (AvgIpc) is 2.48. The predicted molar refractivity (Wildman–Crippen MR) is 92.5 cm³/mol. The lowest BCUT2D eigenvalue weighted by Crippen LogP contribution is -2.51. The monoisotopic (exact) mass is 330 g/mol. The molecular weight excluding hydrogens is 292 g/mol. The molecule has 0 aliphatic heterocycles. The van der Waals surface area contributed by atoms with Crippen LogP contribution in [-0.2, 0) is 19.6 Å². The Morgan fingerprint density at radius 1 is 0.826 bits per heavy atom. The Labute approximate surface area is 143 Å². The van der Waals surface area contributed by atoms with Crippen molar-refractivity contribution in [3.05, 3.63) is 0 Å². The molecule has 23 heavy (non-hydrogen) atoms. The average molecular weight is 331 g/mol. The number of rotatable bonds is 8. The Bertz CT molecular complexity index is 344. The summed E-state index contributed by atoms with van der Waals surface area (Å²) >= 11 is 0. The van der Waals surface area contributed by atoms with Crippen molar-refractivity contribution in [2.24, 2.45) is 17.8 Å². The lowest BCUT2D eigenvalue weighted by atomic mass is 9.73. The second kappa shape index (κ2) is 7.81. The standard InChI is InChI=1S/C19H38O4/c1-10-17(6,7)20-22-19(23-21-18(8,9)11-2)13-15(4)14(3)12-16(19)5/h14-16H,10-13H2,1-9H3. The summed E-state index contributed by atoms with van der Waals surface area (Å²) in [6, 6.07) is 0. The molecule has 0 heterocycles. The zero-order valence-corrected chi connectivity index (χ0v) is 16.7. The van der Waals surface area contributed by atoms with E-state index in [1.165, 1.54) is 0 Å². The van der Waals surface area contributed by atoms with Crippen LogP contribution in [-0.4, -0.2) is 17.0 Å². The molecule has 0 radical (unpaired) electrons. The second-order valence-electron chi connectivity index (χ2n) is 8.67. The highest BCUT2D eigenvalue weighted by Gasteiger charge is 2.49. The summed E-state index contributed by atoms with van der Waals surface area (Å²) in [5.41, 5.74) is -0.689. The second-order valence-corrected chi connectivity index (χ2v) is 8.67. The third-order valence-electron chi connectivity index (χ3n) is 5.57. The van der Waals surface area contributed by atoms with E-state index in [2.05, 4.69) is 34.6 Å². The van der Waals surface area contributed by atoms with Crippen molar-refractivity contribution in [2.75, 3.05) is 0 Å². The Hall–Kier alpha value is -0.160. The molecule has 0 saturated heterocycles. The van der Waals surface area contributed by atoms with Gasteiger partial charge < -0.3 is 0 Å². The fourth-order valence-electron chi connectivity index (χ4n) is 2.55. The van der Waals surface area contributed by atoms with E-state index in [1.807, 2.05) is 27.7 Å². The summed E-state index contributed by atoms with van der Waals surface area (Å²) in [5, 5.41) is 0. The van der Waals surface area contributed by atoms with Gasteiger partial charge in [0.2, 0.25) is 5.79 Å². The topological polar surface area (TPSA) is 36.9 Å². The summed E-state index contributed by atoms with van der Waals surface area (Å²) in [4.78, 5) is 23.4. The van der Waals surface area contributed by atoms with Gasteiger partial charge >= 0.3 is 0 Å². The first-order valence-electron chi connectivity index (χ1n) is 9.20. The van der Waals surface area contributed by atoms with Crippen LogP contribution in [0.15, 0.2) is 0 Å². The summed E-state index contributed by atoms with van der Waals surface area (Å²) in [6.07, 6.45) is 3.54. The summed E-state index contributed by atoms with van der Waals surface area (Å²) in [5.74, 6) is 0.496. The summed E-state index contributed by atoms with van der Waals surface area (Å²) in [7, 11) is 0. The quantitative estimate of drug-likeness (QED) is 0.327. The van der Waals surface area contributed by atoms with Gasteiger partial charge in [0.25, 0.3) is 0 Å². The van der Waals surface area contributed by atoms with Crippen LogP contribution in [0.4, 0.5) is 0 Å². The molecule has 3 unspecified atom stereocenters. The Morgan fingerprint density at radius 3 is 1.65 bits per heavy atom. The first-order chi connectivity index (χ1) is 10.5. The molecule has 0 aromatic carbocycles. The minimum Gasteiger partial charge on any atom is -0.228 e. The fraction of sp³-hybridized carbons (Fsp3) is 1.00. The van der Waals surface area contributed by atoms with Gasteiger partial charge in [0.1, 0.15) is 0 Å². The van der Waals surface area contributed by atoms with Crippen molar-refractivity contribution in [1.82, 2.24) is 0 Å². The molecule has 3 atom stereocenters. The summed E-state index contributed by atoms with van der Waals surface area (Å²) < 4.78 is 0. The Morgan fingerprint density at radius 2 is 1.26 bits per heavy atom. The van der Waals surface area contributed by atoms with Gasteiger partial charge in [0.15, 0.2) is 0 Å². The molecule has 0 amide bonds. The van der Waals surface area contributed by atoms with Crippen molar-refractivity contribution in [2.45, 2.75) is 105 Å². The Balaban J connectivity index is 2.91. The van der Waals surface area contributed by atoms with E-state index in [9.17, 15) is 0 Å². The lowest BCUT2D eigenvalue weighted by molar-refractivity contribution is -0.559. The van der Waals surface area contributed by atoms with E-state index in [1.54, 1.807) is 0 Å². The van der Waals surface area contributed by atoms with Gasteiger partial charge in [-0.25, -0.2) is 9.78 Å². The number of hydrogen-bond acceptors (Lipinski definition) is 4. The van der Waals surface area contributed by atoms with Gasteiger partial charge in [0.05, 0.1) is 11.2 Å². The van der Waals surface area contributed by atoms with Crippen LogP contribution in [0.25, 0.3) is 0 Å². The molecule has 1 saturated carbocycles. The van der Waals surface area contributed by atoms with Gasteiger partial charge in [0, 0.05) is 12.3 Å². The van der Waals surface area contributed by atoms with Crippen LogP contribution >= 0.6 is 0 Å². The van der Waals surface area contributed by atoms with Gasteiger partial charge in [-0.3, -0.25) is 0 Å². The van der Waals surface area contributed by atoms with E-state index in [-0.39, 0.29) is 17.1 Å². The molecule has 1 aliphatic carbocycles. The van der Waals surface area contributed by atoms with Crippen molar-refractivity contribution in [3.8, 4) is 0 Å². The van der Waals surface area contributed by atoms with Gasteiger partial charge in [-0.2, -0.15) is 9.78 Å². The molecule has 0 aromatic heterocycles. The highest BCUT2D eigenvalue weighted by molar-refractivity contribution is 4.87. The predicted octanol–water partition coefficient (Wildman–Crippen LogP) is 5.66. The molecule has 138 valence electrons. The minimum atomic E-state index is -0.842.